The first-order chi connectivity index (χ1) is 9.11. The highest BCUT2D eigenvalue weighted by atomic mass is 16.5. The van der Waals surface area contributed by atoms with Gasteiger partial charge in [0.25, 0.3) is 0 Å². The van der Waals surface area contributed by atoms with Crippen molar-refractivity contribution in [3.8, 4) is 11.5 Å². The molecule has 2 aromatic rings. The summed E-state index contributed by atoms with van der Waals surface area (Å²) in [4.78, 5) is 15.6. The van der Waals surface area contributed by atoms with Gasteiger partial charge in [-0.1, -0.05) is 26.0 Å². The number of carbonyl (C=O) groups is 1. The molecule has 0 aliphatic rings. The molecule has 0 fully saturated rings. The summed E-state index contributed by atoms with van der Waals surface area (Å²) in [7, 11) is 0. The first kappa shape index (κ1) is 13.3. The molecule has 0 unspecified atom stereocenters. The van der Waals surface area contributed by atoms with Crippen molar-refractivity contribution in [3.63, 3.8) is 0 Å². The zero-order valence-corrected chi connectivity index (χ0v) is 11.3. The van der Waals surface area contributed by atoms with Crippen LogP contribution < -0.4 is 0 Å². The van der Waals surface area contributed by atoms with E-state index in [2.05, 4.69) is 18.8 Å². The fourth-order valence-electron chi connectivity index (χ4n) is 1.72. The second kappa shape index (κ2) is 5.69. The Morgan fingerprint density at radius 3 is 2.58 bits per heavy atom. The van der Waals surface area contributed by atoms with Crippen LogP contribution in [-0.4, -0.2) is 17.6 Å². The van der Waals surface area contributed by atoms with Gasteiger partial charge in [0, 0.05) is 5.56 Å². The second-order valence-electron chi connectivity index (χ2n) is 4.54. The van der Waals surface area contributed by atoms with Crippen LogP contribution in [0.5, 0.6) is 0 Å². The van der Waals surface area contributed by atoms with E-state index in [-0.39, 0.29) is 5.69 Å². The van der Waals surface area contributed by atoms with Crippen molar-refractivity contribution in [1.82, 2.24) is 4.98 Å². The number of esters is 1. The van der Waals surface area contributed by atoms with Crippen molar-refractivity contribution >= 4 is 5.97 Å². The van der Waals surface area contributed by atoms with Gasteiger partial charge in [0.15, 0.2) is 5.69 Å². The highest BCUT2D eigenvalue weighted by Gasteiger charge is 2.14. The lowest BCUT2D eigenvalue weighted by atomic mass is 10.0. The number of ether oxygens (including phenoxy) is 1. The molecule has 0 bridgehead atoms. The van der Waals surface area contributed by atoms with Gasteiger partial charge in [-0.05, 0) is 30.5 Å². The molecule has 100 valence electrons. The molecule has 1 aromatic heterocycles. The Labute approximate surface area is 112 Å². The monoisotopic (exact) mass is 259 g/mol. The van der Waals surface area contributed by atoms with Crippen molar-refractivity contribution < 1.29 is 13.9 Å². The average molecular weight is 259 g/mol. The molecule has 0 spiro atoms. The summed E-state index contributed by atoms with van der Waals surface area (Å²) < 4.78 is 10.2. The predicted octanol–water partition coefficient (Wildman–Crippen LogP) is 3.64. The fourth-order valence-corrected chi connectivity index (χ4v) is 1.72. The molecule has 0 N–H and O–H groups in total. The third-order valence-electron chi connectivity index (χ3n) is 2.81. The zero-order valence-electron chi connectivity index (χ0n) is 11.3. The average Bonchev–Trinajstić information content (AvgIpc) is 2.89. The minimum absolute atomic E-state index is 0.199. The van der Waals surface area contributed by atoms with E-state index in [9.17, 15) is 4.79 Å². The van der Waals surface area contributed by atoms with Gasteiger partial charge in [-0.25, -0.2) is 9.78 Å². The van der Waals surface area contributed by atoms with Crippen LogP contribution >= 0.6 is 0 Å². The Hall–Kier alpha value is -2.10. The summed E-state index contributed by atoms with van der Waals surface area (Å²) in [5.41, 5.74) is 2.30. The van der Waals surface area contributed by atoms with Gasteiger partial charge < -0.3 is 9.15 Å². The minimum atomic E-state index is -0.462. The summed E-state index contributed by atoms with van der Waals surface area (Å²) >= 11 is 0. The molecule has 0 atom stereocenters. The summed E-state index contributed by atoms with van der Waals surface area (Å²) in [6, 6.07) is 7.95. The Balaban J connectivity index is 2.20. The number of hydrogen-bond acceptors (Lipinski definition) is 4. The molecule has 0 saturated carbocycles. The quantitative estimate of drug-likeness (QED) is 0.786. The molecule has 1 aromatic carbocycles. The van der Waals surface area contributed by atoms with E-state index in [1.165, 1.54) is 11.8 Å². The largest absolute Gasteiger partial charge is 0.461 e. The lowest BCUT2D eigenvalue weighted by molar-refractivity contribution is 0.0519. The maximum absolute atomic E-state index is 11.5. The third kappa shape index (κ3) is 3.02. The van der Waals surface area contributed by atoms with Crippen LogP contribution in [0.3, 0.4) is 0 Å². The SMILES string of the molecule is CCOC(=O)c1coc(-c2ccc(C(C)C)cc2)n1. The van der Waals surface area contributed by atoms with Crippen molar-refractivity contribution in [1.29, 1.82) is 0 Å². The van der Waals surface area contributed by atoms with Crippen LogP contribution in [-0.2, 0) is 4.74 Å². The van der Waals surface area contributed by atoms with E-state index in [1.54, 1.807) is 6.92 Å². The summed E-state index contributed by atoms with van der Waals surface area (Å²) in [6.07, 6.45) is 1.32. The van der Waals surface area contributed by atoms with Gasteiger partial charge in [0.05, 0.1) is 6.61 Å². The molecule has 2 rings (SSSR count). The van der Waals surface area contributed by atoms with E-state index < -0.39 is 5.97 Å². The highest BCUT2D eigenvalue weighted by Crippen LogP contribution is 2.22. The first-order valence-corrected chi connectivity index (χ1v) is 6.34. The van der Waals surface area contributed by atoms with Gasteiger partial charge in [-0.2, -0.15) is 0 Å². The number of aromatic nitrogens is 1. The molecule has 0 amide bonds. The third-order valence-corrected chi connectivity index (χ3v) is 2.81. The van der Waals surface area contributed by atoms with Crippen LogP contribution in [0.25, 0.3) is 11.5 Å². The maximum atomic E-state index is 11.5. The summed E-state index contributed by atoms with van der Waals surface area (Å²) in [5.74, 6) is 0.448. The number of benzene rings is 1. The number of nitrogens with zero attached hydrogens (tertiary/aromatic N) is 1. The van der Waals surface area contributed by atoms with Crippen molar-refractivity contribution in [3.05, 3.63) is 41.8 Å². The smallest absolute Gasteiger partial charge is 0.360 e. The number of oxazole rings is 1. The van der Waals surface area contributed by atoms with E-state index in [4.69, 9.17) is 9.15 Å². The number of rotatable bonds is 4. The van der Waals surface area contributed by atoms with Gasteiger partial charge in [-0.15, -0.1) is 0 Å². The summed E-state index contributed by atoms with van der Waals surface area (Å²) in [5, 5.41) is 0. The first-order valence-electron chi connectivity index (χ1n) is 6.34. The molecule has 4 heteroatoms. The van der Waals surface area contributed by atoms with Crippen molar-refractivity contribution in [2.45, 2.75) is 26.7 Å². The van der Waals surface area contributed by atoms with Crippen LogP contribution in [0.1, 0.15) is 42.7 Å². The molecule has 0 saturated heterocycles. The predicted molar refractivity (Wildman–Crippen MR) is 72.0 cm³/mol. The lowest BCUT2D eigenvalue weighted by Gasteiger charge is -2.04. The van der Waals surface area contributed by atoms with Crippen molar-refractivity contribution in [2.24, 2.45) is 0 Å². The molecule has 0 aliphatic carbocycles. The van der Waals surface area contributed by atoms with Gasteiger partial charge in [0.2, 0.25) is 5.89 Å². The molecule has 0 aliphatic heterocycles. The van der Waals surface area contributed by atoms with E-state index in [0.717, 1.165) is 5.56 Å². The van der Waals surface area contributed by atoms with E-state index in [1.807, 2.05) is 24.3 Å². The van der Waals surface area contributed by atoms with Crippen LogP contribution in [0.2, 0.25) is 0 Å². The van der Waals surface area contributed by atoms with Gasteiger partial charge in [0.1, 0.15) is 6.26 Å². The Kier molecular flexibility index (Phi) is 4.00. The Bertz CT molecular complexity index is 555. The van der Waals surface area contributed by atoms with E-state index >= 15 is 0 Å². The highest BCUT2D eigenvalue weighted by molar-refractivity contribution is 5.87. The molecular formula is C15H17NO3. The normalized spacial score (nSPS) is 10.7. The van der Waals surface area contributed by atoms with Crippen LogP contribution in [0.15, 0.2) is 34.9 Å². The molecular weight excluding hydrogens is 242 g/mol. The van der Waals surface area contributed by atoms with E-state index in [0.29, 0.717) is 18.4 Å². The Morgan fingerprint density at radius 2 is 2.00 bits per heavy atom. The molecule has 0 radical (unpaired) electrons. The van der Waals surface area contributed by atoms with Gasteiger partial charge in [-0.3, -0.25) is 0 Å². The van der Waals surface area contributed by atoms with Gasteiger partial charge >= 0.3 is 5.97 Å². The number of hydrogen-bond donors (Lipinski definition) is 0. The second-order valence-corrected chi connectivity index (χ2v) is 4.54. The maximum Gasteiger partial charge on any atom is 0.360 e. The van der Waals surface area contributed by atoms with Crippen LogP contribution in [0, 0.1) is 0 Å². The number of carbonyl (C=O) groups excluding carboxylic acids is 1. The van der Waals surface area contributed by atoms with Crippen molar-refractivity contribution in [2.75, 3.05) is 6.61 Å². The van der Waals surface area contributed by atoms with Crippen LogP contribution in [0.4, 0.5) is 0 Å². The summed E-state index contributed by atoms with van der Waals surface area (Å²) in [6.45, 7) is 6.35. The lowest BCUT2D eigenvalue weighted by Crippen LogP contribution is -2.04. The zero-order chi connectivity index (χ0) is 13.8. The molecule has 4 nitrogen and oxygen atoms in total. The Morgan fingerprint density at radius 1 is 1.32 bits per heavy atom. The minimum Gasteiger partial charge on any atom is -0.461 e. The molecule has 1 heterocycles. The fraction of sp³-hybridized carbons (Fsp3) is 0.333. The topological polar surface area (TPSA) is 52.3 Å². The standard InChI is InChI=1S/C15H17NO3/c1-4-18-15(17)13-9-19-14(16-13)12-7-5-11(6-8-12)10(2)3/h5-10H,4H2,1-3H3. The molecule has 19 heavy (non-hydrogen) atoms.